The molecular weight excluding hydrogens is 246 g/mol. The van der Waals surface area contributed by atoms with Crippen LogP contribution in [0.4, 0.5) is 0 Å². The highest BCUT2D eigenvalue weighted by Crippen LogP contribution is 2.25. The SMILES string of the molecule is C[C@H](NS(=O)(=O)CCCl)C1CCCCCC1. The summed E-state index contributed by atoms with van der Waals surface area (Å²) in [5.41, 5.74) is 0. The molecule has 1 aliphatic rings. The van der Waals surface area contributed by atoms with Gasteiger partial charge in [0.05, 0.1) is 5.75 Å². The number of hydrogen-bond acceptors (Lipinski definition) is 2. The van der Waals surface area contributed by atoms with Crippen molar-refractivity contribution in [3.8, 4) is 0 Å². The average molecular weight is 268 g/mol. The minimum Gasteiger partial charge on any atom is -0.212 e. The zero-order chi connectivity index (χ0) is 12.0. The molecule has 0 heterocycles. The Kier molecular flexibility index (Phi) is 6.08. The highest BCUT2D eigenvalue weighted by molar-refractivity contribution is 7.89. The largest absolute Gasteiger partial charge is 0.213 e. The third-order valence-electron chi connectivity index (χ3n) is 3.32. The van der Waals surface area contributed by atoms with E-state index in [1.165, 1.54) is 25.7 Å². The molecule has 1 saturated carbocycles. The molecule has 0 spiro atoms. The van der Waals surface area contributed by atoms with Crippen molar-refractivity contribution in [3.63, 3.8) is 0 Å². The number of rotatable bonds is 5. The normalized spacial score (nSPS) is 21.6. The molecule has 1 rings (SSSR count). The molecule has 1 N–H and O–H groups in total. The van der Waals surface area contributed by atoms with Gasteiger partial charge in [-0.25, -0.2) is 13.1 Å². The monoisotopic (exact) mass is 267 g/mol. The van der Waals surface area contributed by atoms with Gasteiger partial charge < -0.3 is 0 Å². The van der Waals surface area contributed by atoms with Crippen LogP contribution in [-0.2, 0) is 10.0 Å². The predicted octanol–water partition coefficient (Wildman–Crippen LogP) is 2.50. The van der Waals surface area contributed by atoms with E-state index in [9.17, 15) is 8.42 Å². The molecule has 0 saturated heterocycles. The molecule has 0 aliphatic heterocycles. The molecule has 0 aromatic rings. The Labute approximate surface area is 104 Å². The van der Waals surface area contributed by atoms with Crippen molar-refractivity contribution in [2.75, 3.05) is 11.6 Å². The zero-order valence-corrected chi connectivity index (χ0v) is 11.5. The van der Waals surface area contributed by atoms with Gasteiger partial charge in [0.15, 0.2) is 0 Å². The van der Waals surface area contributed by atoms with E-state index in [-0.39, 0.29) is 17.7 Å². The maximum atomic E-state index is 11.6. The van der Waals surface area contributed by atoms with Crippen molar-refractivity contribution < 1.29 is 8.42 Å². The number of sulfonamides is 1. The van der Waals surface area contributed by atoms with E-state index in [0.29, 0.717) is 5.92 Å². The molecule has 5 heteroatoms. The second-order valence-electron chi connectivity index (χ2n) is 4.67. The lowest BCUT2D eigenvalue weighted by atomic mass is 9.94. The second kappa shape index (κ2) is 6.82. The van der Waals surface area contributed by atoms with Crippen LogP contribution in [0.25, 0.3) is 0 Å². The molecule has 0 radical (unpaired) electrons. The van der Waals surface area contributed by atoms with E-state index in [4.69, 9.17) is 11.6 Å². The molecule has 16 heavy (non-hydrogen) atoms. The fraction of sp³-hybridized carbons (Fsp3) is 1.00. The number of halogens is 1. The van der Waals surface area contributed by atoms with Gasteiger partial charge in [0.25, 0.3) is 0 Å². The van der Waals surface area contributed by atoms with Gasteiger partial charge in [0, 0.05) is 11.9 Å². The summed E-state index contributed by atoms with van der Waals surface area (Å²) in [5.74, 6) is 0.672. The van der Waals surface area contributed by atoms with Crippen LogP contribution in [-0.4, -0.2) is 26.1 Å². The van der Waals surface area contributed by atoms with E-state index in [1.807, 2.05) is 6.92 Å². The molecule has 0 aromatic carbocycles. The van der Waals surface area contributed by atoms with Gasteiger partial charge in [-0.15, -0.1) is 11.6 Å². The Hall–Kier alpha value is 0.200. The summed E-state index contributed by atoms with van der Waals surface area (Å²) < 4.78 is 25.9. The van der Waals surface area contributed by atoms with Crippen LogP contribution < -0.4 is 4.72 Å². The van der Waals surface area contributed by atoms with Crippen molar-refractivity contribution in [2.45, 2.75) is 51.5 Å². The van der Waals surface area contributed by atoms with Crippen molar-refractivity contribution in [1.29, 1.82) is 0 Å². The van der Waals surface area contributed by atoms with E-state index >= 15 is 0 Å². The molecule has 0 aromatic heterocycles. The molecule has 1 aliphatic carbocycles. The van der Waals surface area contributed by atoms with Crippen LogP contribution in [0.15, 0.2) is 0 Å². The van der Waals surface area contributed by atoms with Gasteiger partial charge in [0.1, 0.15) is 0 Å². The Morgan fingerprint density at radius 1 is 1.25 bits per heavy atom. The van der Waals surface area contributed by atoms with Crippen molar-refractivity contribution in [3.05, 3.63) is 0 Å². The quantitative estimate of drug-likeness (QED) is 0.615. The van der Waals surface area contributed by atoms with Crippen LogP contribution in [0.5, 0.6) is 0 Å². The molecule has 0 amide bonds. The Morgan fingerprint density at radius 3 is 2.31 bits per heavy atom. The lowest BCUT2D eigenvalue weighted by Gasteiger charge is -2.23. The molecule has 96 valence electrons. The van der Waals surface area contributed by atoms with Crippen LogP contribution in [0, 0.1) is 5.92 Å². The maximum absolute atomic E-state index is 11.6. The molecule has 3 nitrogen and oxygen atoms in total. The molecule has 1 atom stereocenters. The van der Waals surface area contributed by atoms with E-state index in [2.05, 4.69) is 4.72 Å². The molecule has 0 unspecified atom stereocenters. The molecule has 1 fully saturated rings. The molecular formula is C11H22ClNO2S. The first kappa shape index (κ1) is 14.3. The first-order chi connectivity index (χ1) is 7.55. The highest BCUT2D eigenvalue weighted by Gasteiger charge is 2.22. The van der Waals surface area contributed by atoms with E-state index in [0.717, 1.165) is 12.8 Å². The van der Waals surface area contributed by atoms with Crippen LogP contribution in [0.1, 0.15) is 45.4 Å². The zero-order valence-electron chi connectivity index (χ0n) is 9.91. The number of nitrogens with one attached hydrogen (secondary N) is 1. The van der Waals surface area contributed by atoms with Gasteiger partial charge >= 0.3 is 0 Å². The highest BCUT2D eigenvalue weighted by atomic mass is 35.5. The third-order valence-corrected chi connectivity index (χ3v) is 5.20. The van der Waals surface area contributed by atoms with Crippen molar-refractivity contribution in [2.24, 2.45) is 5.92 Å². The van der Waals surface area contributed by atoms with Gasteiger partial charge in [0.2, 0.25) is 10.0 Å². The Bertz CT molecular complexity index is 284. The standard InChI is InChI=1S/C11H22ClNO2S/c1-10(13-16(14,15)9-8-12)11-6-4-2-3-5-7-11/h10-11,13H,2-9H2,1H3/t10-/m0/s1. The first-order valence-electron chi connectivity index (χ1n) is 6.11. The Morgan fingerprint density at radius 2 is 1.81 bits per heavy atom. The lowest BCUT2D eigenvalue weighted by molar-refractivity contribution is 0.371. The summed E-state index contributed by atoms with van der Waals surface area (Å²) >= 11 is 5.46. The van der Waals surface area contributed by atoms with Crippen LogP contribution in [0.2, 0.25) is 0 Å². The smallest absolute Gasteiger partial charge is 0.212 e. The summed E-state index contributed by atoms with van der Waals surface area (Å²) in [6.45, 7) is 1.97. The van der Waals surface area contributed by atoms with Crippen LogP contribution >= 0.6 is 11.6 Å². The summed E-state index contributed by atoms with van der Waals surface area (Å²) in [5, 5.41) is 0. The topological polar surface area (TPSA) is 46.2 Å². The summed E-state index contributed by atoms with van der Waals surface area (Å²) in [6.07, 6.45) is 7.32. The third kappa shape index (κ3) is 5.02. The summed E-state index contributed by atoms with van der Waals surface area (Å²) in [4.78, 5) is 0. The van der Waals surface area contributed by atoms with E-state index < -0.39 is 10.0 Å². The first-order valence-corrected chi connectivity index (χ1v) is 8.30. The lowest BCUT2D eigenvalue weighted by Crippen LogP contribution is -2.39. The second-order valence-corrected chi connectivity index (χ2v) is 6.92. The van der Waals surface area contributed by atoms with Crippen molar-refractivity contribution >= 4 is 21.6 Å². The summed E-state index contributed by atoms with van der Waals surface area (Å²) in [7, 11) is -3.17. The van der Waals surface area contributed by atoms with Gasteiger partial charge in [-0.3, -0.25) is 0 Å². The van der Waals surface area contributed by atoms with Crippen molar-refractivity contribution in [1.82, 2.24) is 4.72 Å². The summed E-state index contributed by atoms with van der Waals surface area (Å²) in [6, 6.07) is 0.0475. The van der Waals surface area contributed by atoms with E-state index in [1.54, 1.807) is 0 Å². The van der Waals surface area contributed by atoms with Gasteiger partial charge in [-0.05, 0) is 25.7 Å². The Balaban J connectivity index is 2.46. The predicted molar refractivity (Wildman–Crippen MR) is 68.3 cm³/mol. The minimum atomic E-state index is -3.17. The van der Waals surface area contributed by atoms with Gasteiger partial charge in [-0.1, -0.05) is 25.7 Å². The molecule has 0 bridgehead atoms. The number of alkyl halides is 1. The fourth-order valence-electron chi connectivity index (χ4n) is 2.35. The van der Waals surface area contributed by atoms with Gasteiger partial charge in [-0.2, -0.15) is 0 Å². The maximum Gasteiger partial charge on any atom is 0.213 e. The van der Waals surface area contributed by atoms with Crippen LogP contribution in [0.3, 0.4) is 0 Å². The fourth-order valence-corrected chi connectivity index (χ4v) is 4.04. The average Bonchev–Trinajstić information content (AvgIpc) is 2.44. The number of hydrogen-bond donors (Lipinski definition) is 1. The minimum absolute atomic E-state index is 0.0195.